The number of Topliss-reactive ketones (excluding diaryl/α,β-unsaturated/α-hetero) is 1. The number of nitrogens with zero attached hydrogens (tertiary/aromatic N) is 2. The molecule has 104 valence electrons. The Morgan fingerprint density at radius 3 is 2.74 bits per heavy atom. The first kappa shape index (κ1) is 14.5. The Balaban J connectivity index is 2.20. The lowest BCUT2D eigenvalue weighted by atomic mass is 10.1. The summed E-state index contributed by atoms with van der Waals surface area (Å²) in [7, 11) is 2.19. The number of piperazine rings is 1. The molecule has 19 heavy (non-hydrogen) atoms. The maximum atomic E-state index is 11.4. The summed E-state index contributed by atoms with van der Waals surface area (Å²) in [5.74, 6) is 0.108. The summed E-state index contributed by atoms with van der Waals surface area (Å²) in [6.45, 7) is 7.00. The highest BCUT2D eigenvalue weighted by atomic mass is 79.9. The summed E-state index contributed by atoms with van der Waals surface area (Å²) in [5.41, 5.74) is 1.95. The second-order valence-electron chi connectivity index (χ2n) is 5.21. The molecular weight excluding hydrogens is 304 g/mol. The van der Waals surface area contributed by atoms with Gasteiger partial charge in [0.05, 0.1) is 5.69 Å². The van der Waals surface area contributed by atoms with Crippen LogP contribution in [0, 0.1) is 0 Å². The topological polar surface area (TPSA) is 23.6 Å². The standard InChI is InChI=1S/C15H21BrN2O/c1-4-13-10-18(8-7-17(13)3)15-6-5-12(11(2)19)9-14(15)16/h5-6,9,13H,4,7-8,10H2,1-3H3. The van der Waals surface area contributed by atoms with Crippen LogP contribution in [0.15, 0.2) is 22.7 Å². The Labute approximate surface area is 123 Å². The van der Waals surface area contributed by atoms with E-state index in [1.165, 1.54) is 5.69 Å². The zero-order valence-electron chi connectivity index (χ0n) is 11.8. The second-order valence-corrected chi connectivity index (χ2v) is 6.07. The van der Waals surface area contributed by atoms with Gasteiger partial charge in [-0.3, -0.25) is 9.69 Å². The molecule has 4 heteroatoms. The maximum absolute atomic E-state index is 11.4. The van der Waals surface area contributed by atoms with Crippen molar-refractivity contribution in [3.63, 3.8) is 0 Å². The van der Waals surface area contributed by atoms with E-state index in [-0.39, 0.29) is 5.78 Å². The number of ketones is 1. The van der Waals surface area contributed by atoms with Gasteiger partial charge in [0, 0.05) is 35.7 Å². The zero-order chi connectivity index (χ0) is 14.0. The van der Waals surface area contributed by atoms with Gasteiger partial charge in [-0.1, -0.05) is 6.92 Å². The van der Waals surface area contributed by atoms with E-state index in [1.807, 2.05) is 12.1 Å². The first-order chi connectivity index (χ1) is 9.02. The number of carbonyl (C=O) groups is 1. The number of rotatable bonds is 3. The minimum Gasteiger partial charge on any atom is -0.368 e. The third-order valence-electron chi connectivity index (χ3n) is 3.94. The summed E-state index contributed by atoms with van der Waals surface area (Å²) in [5, 5.41) is 0. The van der Waals surface area contributed by atoms with Crippen LogP contribution < -0.4 is 4.90 Å². The minimum absolute atomic E-state index is 0.108. The molecule has 1 aromatic rings. The molecule has 1 saturated heterocycles. The average molecular weight is 325 g/mol. The molecule has 1 aliphatic heterocycles. The number of halogens is 1. The average Bonchev–Trinajstić information content (AvgIpc) is 2.39. The van der Waals surface area contributed by atoms with Crippen LogP contribution in [-0.4, -0.2) is 43.4 Å². The highest BCUT2D eigenvalue weighted by Crippen LogP contribution is 2.29. The van der Waals surface area contributed by atoms with E-state index in [1.54, 1.807) is 6.92 Å². The molecule has 2 rings (SSSR count). The van der Waals surface area contributed by atoms with Crippen molar-refractivity contribution >= 4 is 27.4 Å². The number of likely N-dealkylation sites (N-methyl/N-ethyl adjacent to an activating group) is 1. The minimum atomic E-state index is 0.108. The van der Waals surface area contributed by atoms with E-state index in [4.69, 9.17) is 0 Å². The molecule has 0 aliphatic carbocycles. The van der Waals surface area contributed by atoms with Crippen molar-refractivity contribution < 1.29 is 4.79 Å². The quantitative estimate of drug-likeness (QED) is 0.798. The van der Waals surface area contributed by atoms with Crippen molar-refractivity contribution in [1.82, 2.24) is 4.90 Å². The Morgan fingerprint density at radius 2 is 2.16 bits per heavy atom. The van der Waals surface area contributed by atoms with Gasteiger partial charge in [-0.2, -0.15) is 0 Å². The van der Waals surface area contributed by atoms with Gasteiger partial charge in [0.1, 0.15) is 0 Å². The first-order valence-electron chi connectivity index (χ1n) is 6.78. The van der Waals surface area contributed by atoms with E-state index in [9.17, 15) is 4.79 Å². The van der Waals surface area contributed by atoms with Crippen molar-refractivity contribution in [1.29, 1.82) is 0 Å². The number of hydrogen-bond acceptors (Lipinski definition) is 3. The Hall–Kier alpha value is -0.870. The van der Waals surface area contributed by atoms with Crippen molar-refractivity contribution in [3.8, 4) is 0 Å². The van der Waals surface area contributed by atoms with Gasteiger partial charge in [-0.15, -0.1) is 0 Å². The lowest BCUT2D eigenvalue weighted by Crippen LogP contribution is -2.51. The predicted molar refractivity (Wildman–Crippen MR) is 83.1 cm³/mol. The van der Waals surface area contributed by atoms with E-state index < -0.39 is 0 Å². The fourth-order valence-electron chi connectivity index (χ4n) is 2.59. The lowest BCUT2D eigenvalue weighted by molar-refractivity contribution is 0.101. The highest BCUT2D eigenvalue weighted by Gasteiger charge is 2.24. The molecule has 0 amide bonds. The molecule has 1 atom stereocenters. The van der Waals surface area contributed by atoms with E-state index in [0.717, 1.165) is 36.1 Å². The second kappa shape index (κ2) is 6.06. The molecule has 3 nitrogen and oxygen atoms in total. The van der Waals surface area contributed by atoms with Crippen LogP contribution in [0.1, 0.15) is 30.6 Å². The Bertz CT molecular complexity index is 475. The number of carbonyl (C=O) groups excluding carboxylic acids is 1. The molecule has 1 unspecified atom stereocenters. The van der Waals surface area contributed by atoms with Crippen molar-refractivity contribution in [2.75, 3.05) is 31.6 Å². The summed E-state index contributed by atoms with van der Waals surface area (Å²) < 4.78 is 1.01. The normalized spacial score (nSPS) is 20.6. The molecule has 0 radical (unpaired) electrons. The van der Waals surface area contributed by atoms with Crippen LogP contribution in [0.3, 0.4) is 0 Å². The van der Waals surface area contributed by atoms with Gasteiger partial charge in [0.15, 0.2) is 5.78 Å². The van der Waals surface area contributed by atoms with Crippen LogP contribution in [0.5, 0.6) is 0 Å². The predicted octanol–water partition coefficient (Wildman–Crippen LogP) is 3.18. The molecule has 0 N–H and O–H groups in total. The van der Waals surface area contributed by atoms with Crippen LogP contribution in [0.25, 0.3) is 0 Å². The molecule has 0 saturated carbocycles. The van der Waals surface area contributed by atoms with Crippen LogP contribution in [0.2, 0.25) is 0 Å². The SMILES string of the molecule is CCC1CN(c2ccc(C(C)=O)cc2Br)CCN1C. The third-order valence-corrected chi connectivity index (χ3v) is 4.58. The lowest BCUT2D eigenvalue weighted by Gasteiger charge is -2.40. The summed E-state index contributed by atoms with van der Waals surface area (Å²) in [6, 6.07) is 6.51. The number of anilines is 1. The molecule has 0 bridgehead atoms. The Morgan fingerprint density at radius 1 is 1.42 bits per heavy atom. The Kier molecular flexibility index (Phi) is 4.63. The first-order valence-corrected chi connectivity index (χ1v) is 7.58. The monoisotopic (exact) mass is 324 g/mol. The largest absolute Gasteiger partial charge is 0.368 e. The van der Waals surface area contributed by atoms with Gasteiger partial charge in [0.2, 0.25) is 0 Å². The summed E-state index contributed by atoms with van der Waals surface area (Å²) >= 11 is 3.60. The van der Waals surface area contributed by atoms with E-state index >= 15 is 0 Å². The number of benzene rings is 1. The molecule has 1 fully saturated rings. The highest BCUT2D eigenvalue weighted by molar-refractivity contribution is 9.10. The van der Waals surface area contributed by atoms with E-state index in [0.29, 0.717) is 6.04 Å². The molecule has 1 aliphatic rings. The summed E-state index contributed by atoms with van der Waals surface area (Å²) in [6.07, 6.45) is 1.16. The molecule has 0 spiro atoms. The molecular formula is C15H21BrN2O. The zero-order valence-corrected chi connectivity index (χ0v) is 13.4. The number of hydrogen-bond donors (Lipinski definition) is 0. The molecule has 1 heterocycles. The smallest absolute Gasteiger partial charge is 0.159 e. The van der Waals surface area contributed by atoms with Crippen LogP contribution in [0.4, 0.5) is 5.69 Å². The van der Waals surface area contributed by atoms with Gasteiger partial charge in [-0.05, 0) is 54.5 Å². The third kappa shape index (κ3) is 3.18. The van der Waals surface area contributed by atoms with Crippen LogP contribution in [-0.2, 0) is 0 Å². The van der Waals surface area contributed by atoms with Gasteiger partial charge in [-0.25, -0.2) is 0 Å². The van der Waals surface area contributed by atoms with Crippen molar-refractivity contribution in [2.24, 2.45) is 0 Å². The van der Waals surface area contributed by atoms with Gasteiger partial charge < -0.3 is 4.90 Å². The fraction of sp³-hybridized carbons (Fsp3) is 0.533. The molecule has 1 aromatic carbocycles. The van der Waals surface area contributed by atoms with Gasteiger partial charge in [0.25, 0.3) is 0 Å². The van der Waals surface area contributed by atoms with Crippen molar-refractivity contribution in [3.05, 3.63) is 28.2 Å². The molecule has 0 aromatic heterocycles. The summed E-state index contributed by atoms with van der Waals surface area (Å²) in [4.78, 5) is 16.2. The van der Waals surface area contributed by atoms with Gasteiger partial charge >= 0.3 is 0 Å². The van der Waals surface area contributed by atoms with E-state index in [2.05, 4.69) is 45.8 Å². The maximum Gasteiger partial charge on any atom is 0.159 e. The van der Waals surface area contributed by atoms with Crippen LogP contribution >= 0.6 is 15.9 Å². The van der Waals surface area contributed by atoms with Crippen molar-refractivity contribution in [2.45, 2.75) is 26.3 Å². The fourth-order valence-corrected chi connectivity index (χ4v) is 3.22.